The zero-order valence-electron chi connectivity index (χ0n) is 24.7. The molecule has 43 heavy (non-hydrogen) atoms. The molecule has 6 aromatic heterocycles. The van der Waals surface area contributed by atoms with Gasteiger partial charge in [0.15, 0.2) is 28.4 Å². The summed E-state index contributed by atoms with van der Waals surface area (Å²) in [5.74, 6) is 0.789. The maximum absolute atomic E-state index is 13.8. The van der Waals surface area contributed by atoms with Gasteiger partial charge < -0.3 is 20.2 Å². The number of aromatic nitrogens is 10. The van der Waals surface area contributed by atoms with Crippen molar-refractivity contribution in [2.45, 2.75) is 60.7 Å². The van der Waals surface area contributed by atoms with Crippen molar-refractivity contribution in [3.8, 4) is 0 Å². The van der Waals surface area contributed by atoms with Crippen LogP contribution < -0.4 is 10.6 Å². The molecule has 6 rings (SSSR count). The van der Waals surface area contributed by atoms with E-state index in [4.69, 9.17) is 0 Å². The molecule has 0 saturated carbocycles. The van der Waals surface area contributed by atoms with Crippen LogP contribution in [-0.2, 0) is 13.1 Å². The highest BCUT2D eigenvalue weighted by Gasteiger charge is 2.15. The normalized spacial score (nSPS) is 11.2. The summed E-state index contributed by atoms with van der Waals surface area (Å²) in [6.45, 7) is 12.9. The zero-order valence-corrected chi connectivity index (χ0v) is 24.7. The molecule has 0 aliphatic rings. The van der Waals surface area contributed by atoms with Crippen LogP contribution in [0, 0.1) is 39.9 Å². The Morgan fingerprint density at radius 3 is 1.95 bits per heavy atom. The topological polar surface area (TPSA) is 148 Å². The van der Waals surface area contributed by atoms with Crippen molar-refractivity contribution in [1.82, 2.24) is 49.4 Å². The highest BCUT2D eigenvalue weighted by atomic mass is 19.1. The van der Waals surface area contributed by atoms with Crippen LogP contribution in [0.4, 0.5) is 20.4 Å². The lowest BCUT2D eigenvalue weighted by Gasteiger charge is -2.10. The number of rotatable bonds is 7. The van der Waals surface area contributed by atoms with Crippen LogP contribution in [0.15, 0.2) is 37.2 Å². The minimum atomic E-state index is -0.800. The van der Waals surface area contributed by atoms with Crippen molar-refractivity contribution in [2.24, 2.45) is 0 Å². The Hall–Kier alpha value is -5.14. The van der Waals surface area contributed by atoms with Crippen LogP contribution in [0.2, 0.25) is 0 Å². The van der Waals surface area contributed by atoms with Crippen molar-refractivity contribution < 1.29 is 8.78 Å². The molecule has 222 valence electrons. The van der Waals surface area contributed by atoms with Crippen LogP contribution in [-0.4, -0.2) is 49.4 Å². The van der Waals surface area contributed by atoms with Crippen LogP contribution in [0.3, 0.4) is 0 Å². The smallest absolute Gasteiger partial charge is 0.312 e. The van der Waals surface area contributed by atoms with E-state index in [-0.39, 0.29) is 6.04 Å². The summed E-state index contributed by atoms with van der Waals surface area (Å²) >= 11 is 0. The summed E-state index contributed by atoms with van der Waals surface area (Å²) in [7, 11) is 0. The van der Waals surface area contributed by atoms with Crippen molar-refractivity contribution >= 4 is 34.0 Å². The SMILES string of the molecule is Cc1cc(C)c(CNc2nc(F)nc3c2ncn3C(C)C)cn1.Cc1cc(C)c(CNc2nc(F)nc3nc[nH]c23)cn1. The third-order valence-corrected chi connectivity index (χ3v) is 6.81. The first-order valence-corrected chi connectivity index (χ1v) is 13.7. The summed E-state index contributed by atoms with van der Waals surface area (Å²) in [4.78, 5) is 34.8. The Bertz CT molecular complexity index is 1900. The van der Waals surface area contributed by atoms with E-state index in [9.17, 15) is 8.78 Å². The van der Waals surface area contributed by atoms with E-state index in [1.54, 1.807) is 12.5 Å². The number of hydrogen-bond acceptors (Lipinski definition) is 10. The Kier molecular flexibility index (Phi) is 8.46. The van der Waals surface area contributed by atoms with E-state index in [0.717, 1.165) is 33.6 Å². The molecule has 0 amide bonds. The van der Waals surface area contributed by atoms with Crippen LogP contribution in [0.1, 0.15) is 53.5 Å². The van der Waals surface area contributed by atoms with E-state index in [2.05, 4.69) is 55.5 Å². The van der Waals surface area contributed by atoms with E-state index in [1.807, 2.05) is 64.4 Å². The number of pyridine rings is 2. The van der Waals surface area contributed by atoms with Gasteiger partial charge in [-0.1, -0.05) is 0 Å². The average molecular weight is 587 g/mol. The van der Waals surface area contributed by atoms with Gasteiger partial charge in [0.1, 0.15) is 5.52 Å². The fourth-order valence-electron chi connectivity index (χ4n) is 4.50. The van der Waals surface area contributed by atoms with Crippen molar-refractivity contribution in [2.75, 3.05) is 10.6 Å². The van der Waals surface area contributed by atoms with Gasteiger partial charge in [-0.25, -0.2) is 9.97 Å². The third kappa shape index (κ3) is 6.68. The molecule has 0 bridgehead atoms. The molecule has 12 nitrogen and oxygen atoms in total. The van der Waals surface area contributed by atoms with Gasteiger partial charge in [-0.05, 0) is 75.9 Å². The monoisotopic (exact) mass is 586 g/mol. The molecular weight excluding hydrogens is 554 g/mol. The second-order valence-electron chi connectivity index (χ2n) is 10.4. The van der Waals surface area contributed by atoms with E-state index >= 15 is 0 Å². The van der Waals surface area contributed by atoms with Gasteiger partial charge in [0.2, 0.25) is 0 Å². The first-order chi connectivity index (χ1) is 20.6. The summed E-state index contributed by atoms with van der Waals surface area (Å²) in [5, 5.41) is 6.24. The molecule has 0 radical (unpaired) electrons. The fraction of sp³-hybridized carbons (Fsp3) is 0.310. The number of anilines is 2. The maximum atomic E-state index is 13.8. The molecule has 6 heterocycles. The average Bonchev–Trinajstić information content (AvgIpc) is 3.59. The third-order valence-electron chi connectivity index (χ3n) is 6.81. The summed E-state index contributed by atoms with van der Waals surface area (Å²) < 4.78 is 28.9. The predicted molar refractivity (Wildman–Crippen MR) is 159 cm³/mol. The molecule has 6 aromatic rings. The standard InChI is InChI=1S/C16H19FN6.C13H13FN6/c1-9(2)23-8-20-13-14(21-16(17)22-15(13)23)19-7-12-6-18-11(4)5-10(12)3;1-7-3-8(2)15-4-9(7)5-16-11-10-12(18-6-17-10)20-13(14)19-11/h5-6,8-9H,7H2,1-4H3,(H,19,21,22);3-4,6H,5H2,1-2H3,(H2,16,17,18,19,20). The second-order valence-corrected chi connectivity index (χ2v) is 10.4. The Labute approximate surface area is 246 Å². The molecule has 14 heteroatoms. The minimum Gasteiger partial charge on any atom is -0.364 e. The van der Waals surface area contributed by atoms with E-state index in [1.165, 1.54) is 6.33 Å². The number of hydrogen-bond donors (Lipinski definition) is 3. The quantitative estimate of drug-likeness (QED) is 0.211. The molecule has 0 unspecified atom stereocenters. The highest BCUT2D eigenvalue weighted by Crippen LogP contribution is 2.22. The number of aryl methyl sites for hydroxylation is 4. The molecule has 0 saturated heterocycles. The van der Waals surface area contributed by atoms with Crippen LogP contribution >= 0.6 is 0 Å². The molecule has 0 atom stereocenters. The molecule has 0 fully saturated rings. The molecule has 3 N–H and O–H groups in total. The number of halogens is 2. The Morgan fingerprint density at radius 2 is 1.35 bits per heavy atom. The molecule has 0 aliphatic heterocycles. The lowest BCUT2D eigenvalue weighted by atomic mass is 10.1. The number of H-pyrrole nitrogens is 1. The fourth-order valence-corrected chi connectivity index (χ4v) is 4.50. The van der Waals surface area contributed by atoms with Gasteiger partial charge in [-0.3, -0.25) is 9.97 Å². The maximum Gasteiger partial charge on any atom is 0.312 e. The summed E-state index contributed by atoms with van der Waals surface area (Å²) in [5.41, 5.74) is 8.21. The van der Waals surface area contributed by atoms with Crippen molar-refractivity contribution in [1.29, 1.82) is 0 Å². The first kappa shape index (κ1) is 29.4. The highest BCUT2D eigenvalue weighted by molar-refractivity contribution is 5.83. The van der Waals surface area contributed by atoms with Crippen molar-refractivity contribution in [3.05, 3.63) is 83.0 Å². The number of fused-ring (bicyclic) bond motifs is 2. The van der Waals surface area contributed by atoms with Crippen LogP contribution in [0.5, 0.6) is 0 Å². The summed E-state index contributed by atoms with van der Waals surface area (Å²) in [6, 6.07) is 4.16. The van der Waals surface area contributed by atoms with Gasteiger partial charge in [0.05, 0.1) is 12.7 Å². The minimum absolute atomic E-state index is 0.144. The van der Waals surface area contributed by atoms with Gasteiger partial charge >= 0.3 is 12.2 Å². The Morgan fingerprint density at radius 1 is 0.767 bits per heavy atom. The lowest BCUT2D eigenvalue weighted by molar-refractivity contribution is 0.537. The first-order valence-electron chi connectivity index (χ1n) is 13.7. The van der Waals surface area contributed by atoms with E-state index in [0.29, 0.717) is 47.1 Å². The number of aromatic amines is 1. The molecule has 0 aliphatic carbocycles. The largest absolute Gasteiger partial charge is 0.364 e. The zero-order chi connectivity index (χ0) is 30.7. The van der Waals surface area contributed by atoms with Gasteiger partial charge in [-0.2, -0.15) is 28.7 Å². The van der Waals surface area contributed by atoms with Gasteiger partial charge in [0, 0.05) is 42.9 Å². The van der Waals surface area contributed by atoms with Gasteiger partial charge in [0.25, 0.3) is 0 Å². The van der Waals surface area contributed by atoms with Gasteiger partial charge in [-0.15, -0.1) is 0 Å². The number of imidazole rings is 2. The van der Waals surface area contributed by atoms with Crippen molar-refractivity contribution in [3.63, 3.8) is 0 Å². The lowest BCUT2D eigenvalue weighted by Crippen LogP contribution is -2.07. The van der Waals surface area contributed by atoms with E-state index < -0.39 is 12.2 Å². The second kappa shape index (κ2) is 12.4. The number of nitrogens with one attached hydrogen (secondary N) is 3. The Balaban J connectivity index is 0.000000173. The summed E-state index contributed by atoms with van der Waals surface area (Å²) in [6.07, 6.45) is 5.18. The number of nitrogens with zero attached hydrogens (tertiary/aromatic N) is 9. The molecule has 0 aromatic carbocycles. The molecule has 0 spiro atoms. The predicted octanol–water partition coefficient (Wildman–Crippen LogP) is 5.29. The molecular formula is C29H32F2N12. The van der Waals surface area contributed by atoms with Crippen LogP contribution in [0.25, 0.3) is 22.3 Å².